The minimum Gasteiger partial charge on any atom is -0.325 e. The summed E-state index contributed by atoms with van der Waals surface area (Å²) in [5.74, 6) is -1.34. The molecule has 1 fully saturated rings. The van der Waals surface area contributed by atoms with Gasteiger partial charge in [0, 0.05) is 25.6 Å². The minimum absolute atomic E-state index is 0.0140. The molecule has 1 aromatic rings. The molecule has 5 nitrogen and oxygen atoms in total. The molecule has 0 aromatic heterocycles. The van der Waals surface area contributed by atoms with Crippen LogP contribution in [-0.2, 0) is 14.8 Å². The summed E-state index contributed by atoms with van der Waals surface area (Å²) in [4.78, 5) is 10.6. The van der Waals surface area contributed by atoms with Crippen LogP contribution in [0.2, 0.25) is 5.02 Å². The zero-order valence-corrected chi connectivity index (χ0v) is 14.0. The average molecular weight is 349 g/mol. The van der Waals surface area contributed by atoms with Gasteiger partial charge in [-0.3, -0.25) is 4.79 Å². The highest BCUT2D eigenvalue weighted by Gasteiger charge is 2.33. The van der Waals surface area contributed by atoms with Crippen LogP contribution in [0.3, 0.4) is 0 Å². The van der Waals surface area contributed by atoms with E-state index < -0.39 is 26.6 Å². The second kappa shape index (κ2) is 6.52. The van der Waals surface area contributed by atoms with Crippen molar-refractivity contribution < 1.29 is 17.6 Å². The lowest BCUT2D eigenvalue weighted by atomic mass is 10.1. The molecule has 22 heavy (non-hydrogen) atoms. The van der Waals surface area contributed by atoms with Crippen molar-refractivity contribution in [3.63, 3.8) is 0 Å². The van der Waals surface area contributed by atoms with Gasteiger partial charge in [-0.2, -0.15) is 4.31 Å². The summed E-state index contributed by atoms with van der Waals surface area (Å²) >= 11 is 5.96. The van der Waals surface area contributed by atoms with Gasteiger partial charge in [-0.15, -0.1) is 0 Å². The second-order valence-corrected chi connectivity index (χ2v) is 7.67. The quantitative estimate of drug-likeness (QED) is 0.913. The predicted molar refractivity (Wildman–Crippen MR) is 82.9 cm³/mol. The first-order chi connectivity index (χ1) is 10.2. The van der Waals surface area contributed by atoms with Crippen LogP contribution in [-0.4, -0.2) is 31.2 Å². The number of piperidine rings is 1. The second-order valence-electron chi connectivity index (χ2n) is 5.40. The molecule has 122 valence electrons. The molecule has 0 aliphatic carbocycles. The normalized spacial score (nSPS) is 19.9. The molecular weight excluding hydrogens is 331 g/mol. The van der Waals surface area contributed by atoms with Gasteiger partial charge in [0.15, 0.2) is 0 Å². The van der Waals surface area contributed by atoms with Gasteiger partial charge in [0.05, 0.1) is 10.7 Å². The van der Waals surface area contributed by atoms with Gasteiger partial charge in [0.25, 0.3) is 0 Å². The summed E-state index contributed by atoms with van der Waals surface area (Å²) in [6.45, 7) is 3.43. The van der Waals surface area contributed by atoms with E-state index in [1.807, 2.05) is 6.92 Å². The van der Waals surface area contributed by atoms with Crippen LogP contribution in [0.4, 0.5) is 10.1 Å². The summed E-state index contributed by atoms with van der Waals surface area (Å²) in [5, 5.41) is 2.35. The van der Waals surface area contributed by atoms with Gasteiger partial charge in [-0.1, -0.05) is 18.0 Å². The maximum atomic E-state index is 14.2. The number of nitrogens with zero attached hydrogens (tertiary/aromatic N) is 1. The van der Waals surface area contributed by atoms with Gasteiger partial charge < -0.3 is 5.32 Å². The molecule has 0 saturated carbocycles. The number of carbonyl (C=O) groups is 1. The standard InChI is InChI=1S/C14H18ClFN2O3S/c1-9-5-3-4-6-18(9)22(20,21)14-7-11(15)13(8-12(14)16)17-10(2)19/h7-9H,3-6H2,1-2H3,(H,17,19)/t9-/m1/s1. The van der Waals surface area contributed by atoms with Crippen LogP contribution in [0.15, 0.2) is 17.0 Å². The van der Waals surface area contributed by atoms with E-state index in [9.17, 15) is 17.6 Å². The molecule has 2 rings (SSSR count). The first kappa shape index (κ1) is 17.2. The zero-order chi connectivity index (χ0) is 16.5. The Hall–Kier alpha value is -1.18. The topological polar surface area (TPSA) is 66.5 Å². The van der Waals surface area contributed by atoms with Crippen molar-refractivity contribution in [2.75, 3.05) is 11.9 Å². The molecule has 1 N–H and O–H groups in total. The number of nitrogens with one attached hydrogen (secondary N) is 1. The Morgan fingerprint density at radius 3 is 2.68 bits per heavy atom. The SMILES string of the molecule is CC(=O)Nc1cc(F)c(S(=O)(=O)N2CCCC[C@H]2C)cc1Cl. The smallest absolute Gasteiger partial charge is 0.246 e. The Morgan fingerprint density at radius 2 is 2.09 bits per heavy atom. The van der Waals surface area contributed by atoms with Gasteiger partial charge in [-0.05, 0) is 25.8 Å². The van der Waals surface area contributed by atoms with Crippen LogP contribution in [0, 0.1) is 5.82 Å². The zero-order valence-electron chi connectivity index (χ0n) is 12.4. The molecule has 1 aliphatic rings. The minimum atomic E-state index is -3.95. The predicted octanol–water partition coefficient (Wildman–Crippen LogP) is 3.00. The summed E-state index contributed by atoms with van der Waals surface area (Å²) in [7, 11) is -3.95. The number of rotatable bonds is 3. The van der Waals surface area contributed by atoms with E-state index >= 15 is 0 Å². The van der Waals surface area contributed by atoms with Crippen LogP contribution < -0.4 is 5.32 Å². The highest BCUT2D eigenvalue weighted by molar-refractivity contribution is 7.89. The molecule has 0 bridgehead atoms. The molecule has 1 amide bonds. The Kier molecular flexibility index (Phi) is 5.09. The third-order valence-electron chi connectivity index (χ3n) is 3.66. The van der Waals surface area contributed by atoms with Crippen molar-refractivity contribution in [3.05, 3.63) is 23.0 Å². The number of sulfonamides is 1. The lowest BCUT2D eigenvalue weighted by Gasteiger charge is -2.32. The van der Waals surface area contributed by atoms with Gasteiger partial charge in [0.1, 0.15) is 10.7 Å². The average Bonchev–Trinajstić information content (AvgIpc) is 2.42. The summed E-state index contributed by atoms with van der Waals surface area (Å²) < 4.78 is 40.8. The number of benzene rings is 1. The highest BCUT2D eigenvalue weighted by Crippen LogP contribution is 2.32. The molecule has 1 aliphatic heterocycles. The van der Waals surface area contributed by atoms with Crippen LogP contribution in [0.1, 0.15) is 33.1 Å². The highest BCUT2D eigenvalue weighted by atomic mass is 35.5. The fourth-order valence-electron chi connectivity index (χ4n) is 2.57. The Labute approximate surface area is 134 Å². The third kappa shape index (κ3) is 3.42. The number of hydrogen-bond acceptors (Lipinski definition) is 3. The van der Waals surface area contributed by atoms with E-state index in [0.717, 1.165) is 31.4 Å². The van der Waals surface area contributed by atoms with Gasteiger partial charge in [0.2, 0.25) is 15.9 Å². The summed E-state index contributed by atoms with van der Waals surface area (Å²) in [5.41, 5.74) is 0.0531. The van der Waals surface area contributed by atoms with Crippen LogP contribution in [0.25, 0.3) is 0 Å². The van der Waals surface area contributed by atoms with E-state index in [0.29, 0.717) is 6.54 Å². The molecule has 1 aromatic carbocycles. The molecule has 1 heterocycles. The summed E-state index contributed by atoms with van der Waals surface area (Å²) in [6, 6.07) is 1.82. The molecule has 1 atom stereocenters. The van der Waals surface area contributed by atoms with Crippen molar-refractivity contribution in [1.82, 2.24) is 4.31 Å². The fourth-order valence-corrected chi connectivity index (χ4v) is 4.62. The van der Waals surface area contributed by atoms with E-state index in [1.165, 1.54) is 11.2 Å². The molecule has 0 radical (unpaired) electrons. The molecule has 8 heteroatoms. The Morgan fingerprint density at radius 1 is 1.41 bits per heavy atom. The maximum absolute atomic E-state index is 14.2. The number of anilines is 1. The van der Waals surface area contributed by atoms with Crippen LogP contribution in [0.5, 0.6) is 0 Å². The lowest BCUT2D eigenvalue weighted by molar-refractivity contribution is -0.114. The number of amides is 1. The number of carbonyl (C=O) groups excluding carboxylic acids is 1. The fraction of sp³-hybridized carbons (Fsp3) is 0.500. The van der Waals surface area contributed by atoms with E-state index in [-0.39, 0.29) is 16.8 Å². The van der Waals surface area contributed by atoms with E-state index in [4.69, 9.17) is 11.6 Å². The van der Waals surface area contributed by atoms with Crippen molar-refractivity contribution in [1.29, 1.82) is 0 Å². The summed E-state index contributed by atoms with van der Waals surface area (Å²) in [6.07, 6.45) is 2.46. The lowest BCUT2D eigenvalue weighted by Crippen LogP contribution is -2.42. The van der Waals surface area contributed by atoms with Gasteiger partial charge >= 0.3 is 0 Å². The largest absolute Gasteiger partial charge is 0.325 e. The van der Waals surface area contributed by atoms with E-state index in [2.05, 4.69) is 5.32 Å². The number of halogens is 2. The third-order valence-corrected chi connectivity index (χ3v) is 6.00. The molecule has 1 saturated heterocycles. The maximum Gasteiger partial charge on any atom is 0.246 e. The van der Waals surface area contributed by atoms with Crippen molar-refractivity contribution in [2.45, 2.75) is 44.0 Å². The van der Waals surface area contributed by atoms with Crippen molar-refractivity contribution in [3.8, 4) is 0 Å². The molecular formula is C14H18ClFN2O3S. The monoisotopic (exact) mass is 348 g/mol. The first-order valence-electron chi connectivity index (χ1n) is 7.02. The molecule has 0 spiro atoms. The van der Waals surface area contributed by atoms with Crippen molar-refractivity contribution in [2.24, 2.45) is 0 Å². The van der Waals surface area contributed by atoms with Crippen LogP contribution >= 0.6 is 11.6 Å². The molecule has 0 unspecified atom stereocenters. The Bertz CT molecular complexity index is 694. The Balaban J connectivity index is 2.43. The van der Waals surface area contributed by atoms with E-state index in [1.54, 1.807) is 0 Å². The first-order valence-corrected chi connectivity index (χ1v) is 8.83. The van der Waals surface area contributed by atoms with Gasteiger partial charge in [-0.25, -0.2) is 12.8 Å². The van der Waals surface area contributed by atoms with Crippen molar-refractivity contribution >= 4 is 33.2 Å². The number of hydrogen-bond donors (Lipinski definition) is 1.